The number of methoxy groups -OCH3 is 2. The summed E-state index contributed by atoms with van der Waals surface area (Å²) in [6, 6.07) is 16.1. The third-order valence-electron chi connectivity index (χ3n) is 6.31. The van der Waals surface area contributed by atoms with Gasteiger partial charge in [0.15, 0.2) is 0 Å². The number of rotatable bonds is 8. The smallest absolute Gasteiger partial charge is 0.230 e. The highest BCUT2D eigenvalue weighted by Gasteiger charge is 2.29. The van der Waals surface area contributed by atoms with E-state index in [1.54, 1.807) is 20.5 Å². The van der Waals surface area contributed by atoms with Gasteiger partial charge in [-0.1, -0.05) is 44.2 Å². The molecule has 1 aliphatic carbocycles. The van der Waals surface area contributed by atoms with E-state index in [2.05, 4.69) is 26.0 Å². The van der Waals surface area contributed by atoms with Crippen LogP contribution in [0.25, 0.3) is 0 Å². The number of hydrogen-bond donors (Lipinski definition) is 1. The first kappa shape index (κ1) is 25.3. The number of carbonyl (C=O) groups is 1. The second-order valence-corrected chi connectivity index (χ2v) is 9.05. The van der Waals surface area contributed by atoms with Gasteiger partial charge in [-0.2, -0.15) is 0 Å². The van der Waals surface area contributed by atoms with Crippen LogP contribution in [0.5, 0.6) is 5.75 Å². The number of nitrogens with one attached hydrogen (secondary N) is 1. The topological polar surface area (TPSA) is 62.6 Å². The van der Waals surface area contributed by atoms with Gasteiger partial charge < -0.3 is 19.8 Å². The van der Waals surface area contributed by atoms with Crippen LogP contribution in [0.3, 0.4) is 0 Å². The number of amides is 1. The lowest BCUT2D eigenvalue weighted by Crippen LogP contribution is -2.36. The number of allylic oxidation sites excluding steroid dienone is 3. The highest BCUT2D eigenvalue weighted by molar-refractivity contribution is 6.03. The largest absolute Gasteiger partial charge is 0.504 e. The van der Waals surface area contributed by atoms with Crippen molar-refractivity contribution in [1.82, 2.24) is 0 Å². The van der Waals surface area contributed by atoms with Crippen LogP contribution in [-0.2, 0) is 16.1 Å². The van der Waals surface area contributed by atoms with E-state index >= 15 is 0 Å². The highest BCUT2D eigenvalue weighted by Crippen LogP contribution is 2.30. The van der Waals surface area contributed by atoms with Crippen molar-refractivity contribution < 1.29 is 14.3 Å². The summed E-state index contributed by atoms with van der Waals surface area (Å²) >= 11 is 0. The Hall–Kier alpha value is -3.34. The fraction of sp³-hybridized carbons (Fsp3) is 0.379. The van der Waals surface area contributed by atoms with E-state index in [1.165, 1.54) is 5.56 Å². The Morgan fingerprint density at radius 2 is 1.94 bits per heavy atom. The van der Waals surface area contributed by atoms with Gasteiger partial charge in [0.2, 0.25) is 5.91 Å². The molecule has 1 unspecified atom stereocenters. The van der Waals surface area contributed by atoms with E-state index in [0.717, 1.165) is 41.8 Å². The van der Waals surface area contributed by atoms with Gasteiger partial charge in [0.1, 0.15) is 5.75 Å². The molecule has 1 fully saturated rings. The van der Waals surface area contributed by atoms with Gasteiger partial charge in [-0.15, -0.1) is 0 Å². The molecule has 5 nitrogen and oxygen atoms in total. The molecular weight excluding hydrogens is 424 g/mol. The first-order valence-electron chi connectivity index (χ1n) is 11.9. The third-order valence-corrected chi connectivity index (χ3v) is 6.31. The number of anilines is 1. The second-order valence-electron chi connectivity index (χ2n) is 9.05. The van der Waals surface area contributed by atoms with Crippen LogP contribution in [-0.4, -0.2) is 25.8 Å². The molecule has 1 aliphatic rings. The summed E-state index contributed by atoms with van der Waals surface area (Å²) in [5.41, 5.74) is 4.64. The maximum atomic E-state index is 13.9. The van der Waals surface area contributed by atoms with Crippen LogP contribution >= 0.6 is 0 Å². The van der Waals surface area contributed by atoms with Crippen molar-refractivity contribution in [2.45, 2.75) is 52.0 Å². The zero-order valence-electron chi connectivity index (χ0n) is 20.7. The van der Waals surface area contributed by atoms with Crippen molar-refractivity contribution in [2.75, 3.05) is 19.1 Å². The van der Waals surface area contributed by atoms with Crippen LogP contribution in [0, 0.1) is 11.3 Å². The Morgan fingerprint density at radius 3 is 2.62 bits per heavy atom. The lowest BCUT2D eigenvalue weighted by Gasteiger charge is -2.28. The van der Waals surface area contributed by atoms with E-state index in [0.29, 0.717) is 24.6 Å². The second kappa shape index (κ2) is 12.2. The monoisotopic (exact) mass is 460 g/mol. The maximum absolute atomic E-state index is 13.9. The number of benzene rings is 2. The minimum absolute atomic E-state index is 0.0681. The molecule has 180 valence electrons. The fourth-order valence-corrected chi connectivity index (χ4v) is 4.31. The van der Waals surface area contributed by atoms with Crippen LogP contribution in [0.2, 0.25) is 0 Å². The summed E-state index contributed by atoms with van der Waals surface area (Å²) in [7, 11) is 3.25. The van der Waals surface area contributed by atoms with Crippen LogP contribution < -0.4 is 9.64 Å². The minimum atomic E-state index is -0.222. The first-order chi connectivity index (χ1) is 16.4. The van der Waals surface area contributed by atoms with Crippen molar-refractivity contribution in [3.05, 3.63) is 83.6 Å². The lowest BCUT2D eigenvalue weighted by molar-refractivity contribution is -0.122. The van der Waals surface area contributed by atoms with Crippen LogP contribution in [0.15, 0.2) is 72.5 Å². The zero-order valence-corrected chi connectivity index (χ0v) is 20.7. The van der Waals surface area contributed by atoms with Gasteiger partial charge in [0.25, 0.3) is 0 Å². The first-order valence-corrected chi connectivity index (χ1v) is 11.9. The van der Waals surface area contributed by atoms with Crippen molar-refractivity contribution >= 4 is 17.3 Å². The highest BCUT2D eigenvalue weighted by atomic mass is 16.5. The summed E-state index contributed by atoms with van der Waals surface area (Å²) in [4.78, 5) is 15.8. The molecule has 3 rings (SSSR count). The summed E-state index contributed by atoms with van der Waals surface area (Å²) in [6.07, 6.45) is 8.25. The Bertz CT molecular complexity index is 1040. The van der Waals surface area contributed by atoms with Crippen LogP contribution in [0.1, 0.15) is 56.6 Å². The Labute approximate surface area is 203 Å². The Morgan fingerprint density at radius 1 is 1.18 bits per heavy atom. The molecule has 1 atom stereocenters. The molecule has 0 spiro atoms. The third kappa shape index (κ3) is 6.60. The predicted octanol–water partition coefficient (Wildman–Crippen LogP) is 6.65. The zero-order chi connectivity index (χ0) is 24.5. The molecule has 5 heteroatoms. The SMILES string of the molecule is CO/C=C/C=C1/CCCC(C(=O)N(Cc2cccc(OC)c2)c2ccc(C(C)C)cc2)CC1=N. The van der Waals surface area contributed by atoms with Gasteiger partial charge in [0, 0.05) is 23.7 Å². The van der Waals surface area contributed by atoms with Crippen LogP contribution in [0.4, 0.5) is 5.69 Å². The van der Waals surface area contributed by atoms with Crippen molar-refractivity contribution in [2.24, 2.45) is 5.92 Å². The molecule has 2 aromatic carbocycles. The molecule has 0 heterocycles. The Kier molecular flexibility index (Phi) is 9.08. The van der Waals surface area contributed by atoms with Gasteiger partial charge >= 0.3 is 0 Å². The molecule has 1 N–H and O–H groups in total. The number of nitrogens with zero attached hydrogens (tertiary/aromatic N) is 1. The van der Waals surface area contributed by atoms with E-state index < -0.39 is 0 Å². The van der Waals surface area contributed by atoms with E-state index in [-0.39, 0.29) is 11.8 Å². The molecule has 0 saturated heterocycles. The summed E-state index contributed by atoms with van der Waals surface area (Å²) < 4.78 is 10.4. The molecule has 0 bridgehead atoms. The van der Waals surface area contributed by atoms with Crippen molar-refractivity contribution in [3.63, 3.8) is 0 Å². The maximum Gasteiger partial charge on any atom is 0.230 e. The molecule has 1 amide bonds. The molecule has 0 radical (unpaired) electrons. The molecular formula is C29H36N2O3. The predicted molar refractivity (Wildman–Crippen MR) is 139 cm³/mol. The van der Waals surface area contributed by atoms with Gasteiger partial charge in [-0.25, -0.2) is 0 Å². The summed E-state index contributed by atoms with van der Waals surface area (Å²) in [5, 5.41) is 8.61. The normalized spacial score (nSPS) is 17.7. The Balaban J connectivity index is 1.88. The van der Waals surface area contributed by atoms with Crippen molar-refractivity contribution in [3.8, 4) is 5.75 Å². The van der Waals surface area contributed by atoms with E-state index in [1.807, 2.05) is 53.5 Å². The van der Waals surface area contributed by atoms with E-state index in [9.17, 15) is 4.79 Å². The number of ether oxygens (including phenoxy) is 2. The molecule has 0 aromatic heterocycles. The lowest BCUT2D eigenvalue weighted by atomic mass is 9.96. The minimum Gasteiger partial charge on any atom is -0.504 e. The van der Waals surface area contributed by atoms with Crippen molar-refractivity contribution in [1.29, 1.82) is 5.41 Å². The fourth-order valence-electron chi connectivity index (χ4n) is 4.31. The molecule has 0 aliphatic heterocycles. The molecule has 2 aromatic rings. The average molecular weight is 461 g/mol. The van der Waals surface area contributed by atoms with Gasteiger partial charge in [-0.05, 0) is 72.2 Å². The van der Waals surface area contributed by atoms with E-state index in [4.69, 9.17) is 14.9 Å². The molecule has 1 saturated carbocycles. The quantitative estimate of drug-likeness (QED) is 0.354. The average Bonchev–Trinajstić information content (AvgIpc) is 3.03. The van der Waals surface area contributed by atoms with Gasteiger partial charge in [-0.3, -0.25) is 4.79 Å². The number of carbonyl (C=O) groups excluding carboxylic acids is 1. The molecule has 34 heavy (non-hydrogen) atoms. The van der Waals surface area contributed by atoms with Gasteiger partial charge in [0.05, 0.1) is 27.0 Å². The standard InChI is InChI=1S/C29H36N2O3/c1-21(2)23-13-15-26(16-14-23)31(20-22-8-5-12-27(18-22)34-4)29(32)25-10-6-9-24(28(30)19-25)11-7-17-33-3/h5,7-8,11-18,21,25,30H,6,9-10,19-20H2,1-4H3/b17-7+,24-11-,30-28?. The summed E-state index contributed by atoms with van der Waals surface area (Å²) in [6.45, 7) is 4.79. The number of hydrogen-bond acceptors (Lipinski definition) is 4. The summed E-state index contributed by atoms with van der Waals surface area (Å²) in [5.74, 6) is 1.05.